The van der Waals surface area contributed by atoms with Crippen molar-refractivity contribution >= 4 is 11.6 Å². The van der Waals surface area contributed by atoms with Gasteiger partial charge >= 0.3 is 0 Å². The van der Waals surface area contributed by atoms with Crippen molar-refractivity contribution in [3.63, 3.8) is 0 Å². The van der Waals surface area contributed by atoms with Crippen LogP contribution in [0, 0.1) is 6.92 Å². The second kappa shape index (κ2) is 7.66. The van der Waals surface area contributed by atoms with Crippen molar-refractivity contribution in [2.24, 2.45) is 0 Å². The van der Waals surface area contributed by atoms with Crippen LogP contribution in [0.5, 0.6) is 0 Å². The number of carbonyl (C=O) groups excluding carboxylic acids is 1. The molecular formula is C20H26N4O. The smallest absolute Gasteiger partial charge is 0.244 e. The Morgan fingerprint density at radius 3 is 2.28 bits per heavy atom. The molecule has 2 heterocycles. The topological polar surface area (TPSA) is 39.7 Å². The maximum atomic E-state index is 13.2. The van der Waals surface area contributed by atoms with Crippen molar-refractivity contribution in [1.82, 2.24) is 14.8 Å². The van der Waals surface area contributed by atoms with Gasteiger partial charge in [0.25, 0.3) is 0 Å². The lowest BCUT2D eigenvalue weighted by Gasteiger charge is -2.39. The number of likely N-dealkylation sites (N-methyl/N-ethyl adjacent to an activating group) is 1. The second-order valence-electron chi connectivity index (χ2n) is 6.74. The average Bonchev–Trinajstić information content (AvgIpc) is 2.64. The first-order valence-electron chi connectivity index (χ1n) is 8.73. The number of benzene rings is 1. The van der Waals surface area contributed by atoms with Gasteiger partial charge in [0.2, 0.25) is 5.91 Å². The molecule has 2 aromatic rings. The molecule has 1 saturated heterocycles. The number of hydrogen-bond donors (Lipinski definition) is 0. The monoisotopic (exact) mass is 338 g/mol. The standard InChI is InChI=1S/C20H26N4O/c1-16-6-4-5-7-18(16)19(22(2)3)20(25)24-14-12-23(13-15-24)17-8-10-21-11-9-17/h4-11,19H,12-15H2,1-3H3/t19-/m1/s1. The minimum Gasteiger partial charge on any atom is -0.368 e. The zero-order chi connectivity index (χ0) is 17.8. The van der Waals surface area contributed by atoms with Crippen LogP contribution in [0.25, 0.3) is 0 Å². The summed E-state index contributed by atoms with van der Waals surface area (Å²) in [5.41, 5.74) is 3.42. The first-order chi connectivity index (χ1) is 12.1. The van der Waals surface area contributed by atoms with Crippen LogP contribution < -0.4 is 4.90 Å². The van der Waals surface area contributed by atoms with Crippen LogP contribution in [-0.2, 0) is 4.79 Å². The van der Waals surface area contributed by atoms with Gasteiger partial charge in [0.15, 0.2) is 0 Å². The zero-order valence-corrected chi connectivity index (χ0v) is 15.2. The van der Waals surface area contributed by atoms with Crippen LogP contribution in [0.4, 0.5) is 5.69 Å². The van der Waals surface area contributed by atoms with E-state index >= 15 is 0 Å². The first kappa shape index (κ1) is 17.4. The van der Waals surface area contributed by atoms with E-state index in [4.69, 9.17) is 0 Å². The third-order valence-corrected chi connectivity index (χ3v) is 4.85. The molecule has 25 heavy (non-hydrogen) atoms. The van der Waals surface area contributed by atoms with Gasteiger partial charge in [0.05, 0.1) is 0 Å². The lowest BCUT2D eigenvalue weighted by atomic mass is 9.99. The fourth-order valence-electron chi connectivity index (χ4n) is 3.44. The summed E-state index contributed by atoms with van der Waals surface area (Å²) in [6, 6.07) is 12.0. The minimum atomic E-state index is -0.228. The van der Waals surface area contributed by atoms with Gasteiger partial charge in [-0.05, 0) is 44.3 Å². The van der Waals surface area contributed by atoms with E-state index in [1.807, 2.05) is 60.6 Å². The molecule has 132 valence electrons. The van der Waals surface area contributed by atoms with Crippen molar-refractivity contribution in [2.75, 3.05) is 45.2 Å². The van der Waals surface area contributed by atoms with Gasteiger partial charge in [-0.2, -0.15) is 0 Å². The van der Waals surface area contributed by atoms with Gasteiger partial charge in [-0.25, -0.2) is 0 Å². The number of hydrogen-bond acceptors (Lipinski definition) is 4. The molecule has 5 heteroatoms. The fourth-order valence-corrected chi connectivity index (χ4v) is 3.44. The molecule has 1 atom stereocenters. The largest absolute Gasteiger partial charge is 0.368 e. The van der Waals surface area contributed by atoms with Crippen LogP contribution in [0.2, 0.25) is 0 Å². The minimum absolute atomic E-state index is 0.189. The molecule has 1 aliphatic heterocycles. The highest BCUT2D eigenvalue weighted by molar-refractivity contribution is 5.84. The molecule has 0 unspecified atom stereocenters. The van der Waals surface area contributed by atoms with Gasteiger partial charge in [-0.15, -0.1) is 0 Å². The Morgan fingerprint density at radius 1 is 1.04 bits per heavy atom. The Labute approximate surface area is 149 Å². The number of rotatable bonds is 4. The number of carbonyl (C=O) groups is 1. The molecule has 3 rings (SSSR count). The quantitative estimate of drug-likeness (QED) is 0.858. The van der Waals surface area contributed by atoms with Crippen LogP contribution in [-0.4, -0.2) is 61.0 Å². The summed E-state index contributed by atoms with van der Waals surface area (Å²) < 4.78 is 0. The van der Waals surface area contributed by atoms with E-state index in [0.717, 1.165) is 37.3 Å². The number of amides is 1. The van der Waals surface area contributed by atoms with E-state index in [-0.39, 0.29) is 11.9 Å². The summed E-state index contributed by atoms with van der Waals surface area (Å²) in [5.74, 6) is 0.189. The summed E-state index contributed by atoms with van der Waals surface area (Å²) in [6.07, 6.45) is 3.63. The Bertz CT molecular complexity index is 709. The van der Waals surface area contributed by atoms with Gasteiger partial charge in [-0.3, -0.25) is 14.7 Å². The lowest BCUT2D eigenvalue weighted by Crippen LogP contribution is -2.51. The third kappa shape index (κ3) is 3.82. The van der Waals surface area contributed by atoms with Gasteiger partial charge in [0, 0.05) is 44.3 Å². The maximum absolute atomic E-state index is 13.2. The number of aromatic nitrogens is 1. The van der Waals surface area contributed by atoms with E-state index in [1.165, 1.54) is 5.69 Å². The lowest BCUT2D eigenvalue weighted by molar-refractivity contribution is -0.136. The van der Waals surface area contributed by atoms with Crippen LogP contribution >= 0.6 is 0 Å². The highest BCUT2D eigenvalue weighted by Crippen LogP contribution is 2.25. The highest BCUT2D eigenvalue weighted by Gasteiger charge is 2.30. The number of piperazine rings is 1. The Kier molecular flexibility index (Phi) is 5.34. The van der Waals surface area contributed by atoms with Crippen molar-refractivity contribution < 1.29 is 4.79 Å². The number of anilines is 1. The molecule has 5 nitrogen and oxygen atoms in total. The SMILES string of the molecule is Cc1ccccc1[C@H](C(=O)N1CCN(c2ccncc2)CC1)N(C)C. The summed E-state index contributed by atoms with van der Waals surface area (Å²) in [7, 11) is 3.95. The molecular weight excluding hydrogens is 312 g/mol. The Balaban J connectivity index is 1.71. The molecule has 0 saturated carbocycles. The number of aryl methyl sites for hydroxylation is 1. The molecule has 0 aliphatic carbocycles. The van der Waals surface area contributed by atoms with Crippen molar-refractivity contribution in [2.45, 2.75) is 13.0 Å². The second-order valence-corrected chi connectivity index (χ2v) is 6.74. The van der Waals surface area contributed by atoms with E-state index in [9.17, 15) is 4.79 Å². The summed E-state index contributed by atoms with van der Waals surface area (Å²) in [5, 5.41) is 0. The number of pyridine rings is 1. The molecule has 1 aromatic carbocycles. The molecule has 1 aromatic heterocycles. The predicted octanol–water partition coefficient (Wildman–Crippen LogP) is 2.34. The fraction of sp³-hybridized carbons (Fsp3) is 0.400. The normalized spacial score (nSPS) is 16.2. The molecule has 0 N–H and O–H groups in total. The summed E-state index contributed by atoms with van der Waals surface area (Å²) in [6.45, 7) is 5.27. The predicted molar refractivity (Wildman–Crippen MR) is 101 cm³/mol. The third-order valence-electron chi connectivity index (χ3n) is 4.85. The van der Waals surface area contributed by atoms with Gasteiger partial charge in [-0.1, -0.05) is 24.3 Å². The molecule has 1 fully saturated rings. The van der Waals surface area contributed by atoms with Crippen LogP contribution in [0.15, 0.2) is 48.8 Å². The Hall–Kier alpha value is -2.40. The first-order valence-corrected chi connectivity index (χ1v) is 8.73. The highest BCUT2D eigenvalue weighted by atomic mass is 16.2. The van der Waals surface area contributed by atoms with Crippen molar-refractivity contribution in [3.8, 4) is 0 Å². The maximum Gasteiger partial charge on any atom is 0.244 e. The van der Waals surface area contributed by atoms with Gasteiger partial charge in [0.1, 0.15) is 6.04 Å². The molecule has 0 bridgehead atoms. The van der Waals surface area contributed by atoms with E-state index in [1.54, 1.807) is 0 Å². The van der Waals surface area contributed by atoms with Crippen molar-refractivity contribution in [1.29, 1.82) is 0 Å². The number of nitrogens with zero attached hydrogens (tertiary/aromatic N) is 4. The summed E-state index contributed by atoms with van der Waals surface area (Å²) in [4.78, 5) is 23.6. The molecule has 0 spiro atoms. The zero-order valence-electron chi connectivity index (χ0n) is 15.2. The molecule has 1 amide bonds. The van der Waals surface area contributed by atoms with Gasteiger partial charge < -0.3 is 9.80 Å². The molecule has 1 aliphatic rings. The van der Waals surface area contributed by atoms with E-state index in [2.05, 4.69) is 28.9 Å². The Morgan fingerprint density at radius 2 is 1.68 bits per heavy atom. The van der Waals surface area contributed by atoms with E-state index < -0.39 is 0 Å². The molecule has 0 radical (unpaired) electrons. The van der Waals surface area contributed by atoms with Crippen LogP contribution in [0.3, 0.4) is 0 Å². The average molecular weight is 338 g/mol. The van der Waals surface area contributed by atoms with Crippen LogP contribution in [0.1, 0.15) is 17.2 Å². The van der Waals surface area contributed by atoms with Crippen molar-refractivity contribution in [3.05, 3.63) is 59.9 Å². The summed E-state index contributed by atoms with van der Waals surface area (Å²) >= 11 is 0. The van der Waals surface area contributed by atoms with E-state index in [0.29, 0.717) is 0 Å².